The van der Waals surface area contributed by atoms with Crippen LogP contribution in [0.25, 0.3) is 0 Å². The molecule has 2 amide bonds. The first kappa shape index (κ1) is 16.6. The Balaban J connectivity index is 1.61. The van der Waals surface area contributed by atoms with Crippen LogP contribution in [-0.4, -0.2) is 46.5 Å². The van der Waals surface area contributed by atoms with Gasteiger partial charge in [0, 0.05) is 38.4 Å². The SMILES string of the molecule is O=C(NCCCCC(F)(F)F)N1CCC(n2cccn2)CC1. The summed E-state index contributed by atoms with van der Waals surface area (Å²) in [5.41, 5.74) is 0. The summed E-state index contributed by atoms with van der Waals surface area (Å²) >= 11 is 0. The second-order valence-electron chi connectivity index (χ2n) is 5.51. The molecule has 1 aromatic rings. The molecular weight excluding hydrogens is 297 g/mol. The number of nitrogens with zero attached hydrogens (tertiary/aromatic N) is 3. The Kier molecular flexibility index (Phi) is 5.68. The predicted molar refractivity (Wildman–Crippen MR) is 75.4 cm³/mol. The molecule has 1 aromatic heterocycles. The number of carbonyl (C=O) groups excluding carboxylic acids is 1. The molecule has 0 unspecified atom stereocenters. The van der Waals surface area contributed by atoms with Crippen molar-refractivity contribution in [1.29, 1.82) is 0 Å². The number of hydrogen-bond donors (Lipinski definition) is 1. The number of hydrogen-bond acceptors (Lipinski definition) is 2. The summed E-state index contributed by atoms with van der Waals surface area (Å²) in [4.78, 5) is 13.6. The van der Waals surface area contributed by atoms with E-state index < -0.39 is 12.6 Å². The molecule has 0 aliphatic carbocycles. The molecule has 2 heterocycles. The van der Waals surface area contributed by atoms with Crippen LogP contribution in [0.4, 0.5) is 18.0 Å². The molecule has 0 atom stereocenters. The number of piperidine rings is 1. The molecule has 1 N–H and O–H groups in total. The van der Waals surface area contributed by atoms with E-state index in [9.17, 15) is 18.0 Å². The number of rotatable bonds is 5. The third-order valence-electron chi connectivity index (χ3n) is 3.81. The quantitative estimate of drug-likeness (QED) is 0.849. The van der Waals surface area contributed by atoms with E-state index in [0.717, 1.165) is 12.8 Å². The Morgan fingerprint density at radius 1 is 1.27 bits per heavy atom. The van der Waals surface area contributed by atoms with Crippen LogP contribution in [0.1, 0.15) is 38.1 Å². The highest BCUT2D eigenvalue weighted by Gasteiger charge is 2.26. The molecule has 1 saturated heterocycles. The Labute approximate surface area is 127 Å². The summed E-state index contributed by atoms with van der Waals surface area (Å²) in [6.07, 6.45) is 0.810. The molecule has 0 aromatic carbocycles. The number of unbranched alkanes of at least 4 members (excludes halogenated alkanes) is 1. The van der Waals surface area contributed by atoms with E-state index in [1.807, 2.05) is 16.9 Å². The summed E-state index contributed by atoms with van der Waals surface area (Å²) in [5.74, 6) is 0. The van der Waals surface area contributed by atoms with Gasteiger partial charge in [0.2, 0.25) is 0 Å². The average molecular weight is 318 g/mol. The smallest absolute Gasteiger partial charge is 0.338 e. The minimum atomic E-state index is -4.11. The Hall–Kier alpha value is -1.73. The maximum atomic E-state index is 12.0. The van der Waals surface area contributed by atoms with Crippen molar-refractivity contribution in [3.63, 3.8) is 0 Å². The van der Waals surface area contributed by atoms with Gasteiger partial charge in [-0.15, -0.1) is 0 Å². The van der Waals surface area contributed by atoms with Crippen LogP contribution < -0.4 is 5.32 Å². The number of amides is 2. The number of aromatic nitrogens is 2. The maximum absolute atomic E-state index is 12.0. The second-order valence-corrected chi connectivity index (χ2v) is 5.51. The molecule has 8 heteroatoms. The zero-order chi connectivity index (χ0) is 16.0. The minimum absolute atomic E-state index is 0.0468. The van der Waals surface area contributed by atoms with Crippen LogP contribution in [0.2, 0.25) is 0 Å². The molecular formula is C14H21F3N4O. The average Bonchev–Trinajstić information content (AvgIpc) is 3.00. The lowest BCUT2D eigenvalue weighted by molar-refractivity contribution is -0.135. The molecule has 0 saturated carbocycles. The first-order valence-electron chi connectivity index (χ1n) is 7.54. The van der Waals surface area contributed by atoms with Gasteiger partial charge in [0.05, 0.1) is 6.04 Å². The topological polar surface area (TPSA) is 50.2 Å². The highest BCUT2D eigenvalue weighted by Crippen LogP contribution is 2.22. The first-order valence-corrected chi connectivity index (χ1v) is 7.54. The normalized spacial score (nSPS) is 16.8. The zero-order valence-corrected chi connectivity index (χ0v) is 12.4. The van der Waals surface area contributed by atoms with E-state index >= 15 is 0 Å². The summed E-state index contributed by atoms with van der Waals surface area (Å²) in [6.45, 7) is 1.56. The number of carbonyl (C=O) groups is 1. The number of likely N-dealkylation sites (tertiary alicyclic amines) is 1. The van der Waals surface area contributed by atoms with Gasteiger partial charge in [0.1, 0.15) is 0 Å². The lowest BCUT2D eigenvalue weighted by atomic mass is 10.1. The number of urea groups is 1. The van der Waals surface area contributed by atoms with Crippen LogP contribution >= 0.6 is 0 Å². The van der Waals surface area contributed by atoms with E-state index in [0.29, 0.717) is 25.6 Å². The van der Waals surface area contributed by atoms with E-state index in [1.165, 1.54) is 0 Å². The Morgan fingerprint density at radius 3 is 2.59 bits per heavy atom. The largest absolute Gasteiger partial charge is 0.389 e. The second kappa shape index (κ2) is 7.51. The first-order chi connectivity index (χ1) is 10.5. The molecule has 5 nitrogen and oxygen atoms in total. The summed E-state index contributed by atoms with van der Waals surface area (Å²) in [6, 6.07) is 2.00. The molecule has 1 aliphatic heterocycles. The van der Waals surface area contributed by atoms with Gasteiger partial charge in [-0.25, -0.2) is 4.79 Å². The fourth-order valence-corrected chi connectivity index (χ4v) is 2.59. The van der Waals surface area contributed by atoms with Crippen molar-refractivity contribution in [3.05, 3.63) is 18.5 Å². The molecule has 0 bridgehead atoms. The molecule has 124 valence electrons. The van der Waals surface area contributed by atoms with Gasteiger partial charge in [-0.1, -0.05) is 0 Å². The van der Waals surface area contributed by atoms with E-state index in [2.05, 4.69) is 10.4 Å². The predicted octanol–water partition coefficient (Wildman–Crippen LogP) is 2.96. The van der Waals surface area contributed by atoms with Gasteiger partial charge in [-0.3, -0.25) is 4.68 Å². The molecule has 1 aliphatic rings. The van der Waals surface area contributed by atoms with Crippen molar-refractivity contribution in [2.45, 2.75) is 44.3 Å². The number of alkyl halides is 3. The maximum Gasteiger partial charge on any atom is 0.389 e. The number of halogens is 3. The molecule has 0 spiro atoms. The lowest BCUT2D eigenvalue weighted by Gasteiger charge is -2.32. The van der Waals surface area contributed by atoms with Gasteiger partial charge in [-0.05, 0) is 31.7 Å². The molecule has 2 rings (SSSR count). The highest BCUT2D eigenvalue weighted by atomic mass is 19.4. The molecule has 1 fully saturated rings. The summed E-state index contributed by atoms with van der Waals surface area (Å²) in [7, 11) is 0. The van der Waals surface area contributed by atoms with E-state index in [-0.39, 0.29) is 19.0 Å². The standard InChI is InChI=1S/C14H21F3N4O/c15-14(16,17)6-1-2-7-18-13(22)20-10-4-12(5-11-20)21-9-3-8-19-21/h3,8-9,12H,1-2,4-7,10-11H2,(H,18,22). The van der Waals surface area contributed by atoms with Crippen molar-refractivity contribution in [2.24, 2.45) is 0 Å². The third kappa shape index (κ3) is 5.23. The van der Waals surface area contributed by atoms with Crippen molar-refractivity contribution < 1.29 is 18.0 Å². The van der Waals surface area contributed by atoms with Crippen LogP contribution in [0.15, 0.2) is 18.5 Å². The van der Waals surface area contributed by atoms with Crippen LogP contribution in [0, 0.1) is 0 Å². The van der Waals surface area contributed by atoms with Crippen molar-refractivity contribution in [2.75, 3.05) is 19.6 Å². The summed E-state index contributed by atoms with van der Waals surface area (Å²) < 4.78 is 37.9. The monoisotopic (exact) mass is 318 g/mol. The molecule has 0 radical (unpaired) electrons. The fraction of sp³-hybridized carbons (Fsp3) is 0.714. The molecule has 22 heavy (non-hydrogen) atoms. The van der Waals surface area contributed by atoms with Gasteiger partial charge in [0.25, 0.3) is 0 Å². The van der Waals surface area contributed by atoms with Gasteiger partial charge >= 0.3 is 12.2 Å². The summed E-state index contributed by atoms with van der Waals surface area (Å²) in [5, 5.41) is 6.89. The third-order valence-corrected chi connectivity index (χ3v) is 3.81. The van der Waals surface area contributed by atoms with Gasteiger partial charge < -0.3 is 10.2 Å². The van der Waals surface area contributed by atoms with E-state index in [1.54, 1.807) is 11.1 Å². The Morgan fingerprint density at radius 2 is 2.00 bits per heavy atom. The zero-order valence-electron chi connectivity index (χ0n) is 12.4. The highest BCUT2D eigenvalue weighted by molar-refractivity contribution is 5.74. The van der Waals surface area contributed by atoms with Gasteiger partial charge in [-0.2, -0.15) is 18.3 Å². The lowest BCUT2D eigenvalue weighted by Crippen LogP contribution is -2.45. The Bertz CT molecular complexity index is 453. The number of nitrogens with one attached hydrogen (secondary N) is 1. The van der Waals surface area contributed by atoms with E-state index in [4.69, 9.17) is 0 Å². The van der Waals surface area contributed by atoms with Crippen molar-refractivity contribution in [3.8, 4) is 0 Å². The minimum Gasteiger partial charge on any atom is -0.338 e. The fourth-order valence-electron chi connectivity index (χ4n) is 2.59. The van der Waals surface area contributed by atoms with Crippen LogP contribution in [-0.2, 0) is 0 Å². The van der Waals surface area contributed by atoms with Gasteiger partial charge in [0.15, 0.2) is 0 Å². The van der Waals surface area contributed by atoms with Crippen LogP contribution in [0.3, 0.4) is 0 Å². The van der Waals surface area contributed by atoms with Crippen molar-refractivity contribution in [1.82, 2.24) is 20.0 Å². The van der Waals surface area contributed by atoms with Crippen molar-refractivity contribution >= 4 is 6.03 Å². The van der Waals surface area contributed by atoms with Crippen LogP contribution in [0.5, 0.6) is 0 Å².